The van der Waals surface area contributed by atoms with Gasteiger partial charge in [-0.05, 0) is 19.8 Å². The molecule has 0 aromatic rings. The molecule has 0 atom stereocenters. The van der Waals surface area contributed by atoms with E-state index in [0.717, 1.165) is 0 Å². The van der Waals surface area contributed by atoms with Crippen LogP contribution < -0.4 is 0 Å². The first kappa shape index (κ1) is 7.67. The van der Waals surface area contributed by atoms with Crippen molar-refractivity contribution in [3.8, 4) is 0 Å². The van der Waals surface area contributed by atoms with Gasteiger partial charge in [-0.3, -0.25) is 4.99 Å². The Morgan fingerprint density at radius 2 is 1.62 bits per heavy atom. The smallest absolute Gasteiger partial charge is 0.0439 e. The van der Waals surface area contributed by atoms with Crippen molar-refractivity contribution < 1.29 is 0 Å². The molecule has 0 spiro atoms. The molecule has 0 saturated heterocycles. The minimum absolute atomic E-state index is 0.456. The van der Waals surface area contributed by atoms with Crippen LogP contribution >= 0.6 is 0 Å². The van der Waals surface area contributed by atoms with Crippen molar-refractivity contribution in [2.24, 2.45) is 10.9 Å². The first-order chi connectivity index (χ1) is 3.63. The molecule has 0 rings (SSSR count). The second-order valence-electron chi connectivity index (χ2n) is 2.64. The Morgan fingerprint density at radius 1 is 1.12 bits per heavy atom. The average Bonchev–Trinajstić information content (AvgIpc) is 1.61. The zero-order valence-corrected chi connectivity index (χ0v) is 6.18. The van der Waals surface area contributed by atoms with Crippen molar-refractivity contribution in [2.45, 2.75) is 33.7 Å². The molecule has 0 heterocycles. The number of hydrogen-bond acceptors (Lipinski definition) is 1. The summed E-state index contributed by atoms with van der Waals surface area (Å²) in [4.78, 5) is 4.20. The molecular weight excluding hydrogens is 98.1 g/mol. The summed E-state index contributed by atoms with van der Waals surface area (Å²) in [6.07, 6.45) is 1.99. The van der Waals surface area contributed by atoms with Gasteiger partial charge in [-0.25, -0.2) is 0 Å². The van der Waals surface area contributed by atoms with Crippen LogP contribution in [0.25, 0.3) is 0 Å². The van der Waals surface area contributed by atoms with Crippen LogP contribution in [0, 0.1) is 5.92 Å². The van der Waals surface area contributed by atoms with E-state index in [-0.39, 0.29) is 0 Å². The van der Waals surface area contributed by atoms with Gasteiger partial charge in [-0.1, -0.05) is 13.8 Å². The second-order valence-corrected chi connectivity index (χ2v) is 2.64. The van der Waals surface area contributed by atoms with E-state index in [1.54, 1.807) is 0 Å². The summed E-state index contributed by atoms with van der Waals surface area (Å²) in [5.41, 5.74) is 0. The molecule has 0 amide bonds. The lowest BCUT2D eigenvalue weighted by Crippen LogP contribution is -1.93. The Balaban J connectivity index is 3.34. The molecule has 0 aliphatic rings. The Hall–Kier alpha value is -0.330. The fourth-order valence-electron chi connectivity index (χ4n) is 0.344. The summed E-state index contributed by atoms with van der Waals surface area (Å²) in [6, 6.07) is 0.456. The number of nitrogens with zero attached hydrogens (tertiary/aromatic N) is 1. The average molecular weight is 113 g/mol. The molecule has 1 heteroatoms. The van der Waals surface area contributed by atoms with E-state index in [4.69, 9.17) is 0 Å². The standard InChI is InChI=1S/C7H15N/c1-6(2)5-8-7(3)4/h5-7H,1-4H3. The molecule has 1 nitrogen and oxygen atoms in total. The Kier molecular flexibility index (Phi) is 3.49. The number of hydrogen-bond donors (Lipinski definition) is 0. The quantitative estimate of drug-likeness (QED) is 0.486. The van der Waals surface area contributed by atoms with Gasteiger partial charge in [-0.15, -0.1) is 0 Å². The van der Waals surface area contributed by atoms with Gasteiger partial charge in [0.05, 0.1) is 0 Å². The summed E-state index contributed by atoms with van der Waals surface area (Å²) >= 11 is 0. The van der Waals surface area contributed by atoms with Gasteiger partial charge < -0.3 is 0 Å². The third-order valence-electron chi connectivity index (χ3n) is 0.682. The van der Waals surface area contributed by atoms with Crippen LogP contribution in [-0.4, -0.2) is 12.3 Å². The Morgan fingerprint density at radius 3 is 1.75 bits per heavy atom. The van der Waals surface area contributed by atoms with Gasteiger partial charge in [0.2, 0.25) is 0 Å². The van der Waals surface area contributed by atoms with Crippen molar-refractivity contribution in [1.82, 2.24) is 0 Å². The lowest BCUT2D eigenvalue weighted by atomic mass is 10.2. The second kappa shape index (κ2) is 3.65. The molecule has 8 heavy (non-hydrogen) atoms. The van der Waals surface area contributed by atoms with Crippen molar-refractivity contribution in [3.63, 3.8) is 0 Å². The van der Waals surface area contributed by atoms with Crippen LogP contribution in [-0.2, 0) is 0 Å². The van der Waals surface area contributed by atoms with E-state index in [9.17, 15) is 0 Å². The Bertz CT molecular complexity index is 62.5. The number of rotatable bonds is 2. The fourth-order valence-corrected chi connectivity index (χ4v) is 0.344. The third-order valence-corrected chi connectivity index (χ3v) is 0.682. The highest BCUT2D eigenvalue weighted by molar-refractivity contribution is 5.59. The molecule has 0 fully saturated rings. The molecule has 0 radical (unpaired) electrons. The molecule has 0 unspecified atom stereocenters. The van der Waals surface area contributed by atoms with Crippen LogP contribution in [0.4, 0.5) is 0 Å². The lowest BCUT2D eigenvalue weighted by molar-refractivity contribution is 0.812. The van der Waals surface area contributed by atoms with Gasteiger partial charge in [0.25, 0.3) is 0 Å². The molecule has 48 valence electrons. The minimum atomic E-state index is 0.456. The molecule has 0 aromatic heterocycles. The van der Waals surface area contributed by atoms with Crippen molar-refractivity contribution in [3.05, 3.63) is 0 Å². The SMILES string of the molecule is CC(C)C=NC(C)C. The number of aliphatic imine (C=N–C) groups is 1. The van der Waals surface area contributed by atoms with Crippen molar-refractivity contribution >= 4 is 6.21 Å². The summed E-state index contributed by atoms with van der Waals surface area (Å²) < 4.78 is 0. The normalized spacial score (nSPS) is 12.2. The third kappa shape index (κ3) is 5.67. The van der Waals surface area contributed by atoms with Crippen LogP contribution in [0.3, 0.4) is 0 Å². The highest BCUT2D eigenvalue weighted by atomic mass is 14.7. The predicted octanol–water partition coefficient (Wildman–Crippen LogP) is 2.12. The van der Waals surface area contributed by atoms with E-state index in [0.29, 0.717) is 12.0 Å². The molecule has 0 aliphatic heterocycles. The maximum Gasteiger partial charge on any atom is 0.0439 e. The summed E-state index contributed by atoms with van der Waals surface area (Å²) in [5, 5.41) is 0. The van der Waals surface area contributed by atoms with Crippen LogP contribution in [0.1, 0.15) is 27.7 Å². The van der Waals surface area contributed by atoms with Gasteiger partial charge in [0, 0.05) is 12.3 Å². The van der Waals surface area contributed by atoms with Gasteiger partial charge in [-0.2, -0.15) is 0 Å². The van der Waals surface area contributed by atoms with E-state index >= 15 is 0 Å². The summed E-state index contributed by atoms with van der Waals surface area (Å²) in [5.74, 6) is 0.595. The maximum absolute atomic E-state index is 4.20. The van der Waals surface area contributed by atoms with E-state index in [1.165, 1.54) is 0 Å². The van der Waals surface area contributed by atoms with E-state index in [2.05, 4.69) is 32.7 Å². The van der Waals surface area contributed by atoms with Crippen LogP contribution in [0.2, 0.25) is 0 Å². The topological polar surface area (TPSA) is 12.4 Å². The van der Waals surface area contributed by atoms with E-state index in [1.807, 2.05) is 6.21 Å². The maximum atomic E-state index is 4.20. The zero-order chi connectivity index (χ0) is 6.57. The van der Waals surface area contributed by atoms with Crippen molar-refractivity contribution in [2.75, 3.05) is 0 Å². The molecular formula is C7H15N. The molecule has 0 aromatic carbocycles. The lowest BCUT2D eigenvalue weighted by Gasteiger charge is -1.95. The summed E-state index contributed by atoms with van der Waals surface area (Å²) in [7, 11) is 0. The van der Waals surface area contributed by atoms with Gasteiger partial charge in [0.15, 0.2) is 0 Å². The van der Waals surface area contributed by atoms with E-state index < -0.39 is 0 Å². The molecule has 0 bridgehead atoms. The van der Waals surface area contributed by atoms with Crippen LogP contribution in [0.15, 0.2) is 4.99 Å². The highest BCUT2D eigenvalue weighted by Crippen LogP contribution is 1.89. The minimum Gasteiger partial charge on any atom is -0.295 e. The zero-order valence-electron chi connectivity index (χ0n) is 6.18. The highest BCUT2D eigenvalue weighted by Gasteiger charge is 1.85. The Labute approximate surface area is 51.8 Å². The first-order valence-corrected chi connectivity index (χ1v) is 3.16. The summed E-state index contributed by atoms with van der Waals surface area (Å²) in [6.45, 7) is 8.43. The fraction of sp³-hybridized carbons (Fsp3) is 0.857. The van der Waals surface area contributed by atoms with Gasteiger partial charge >= 0.3 is 0 Å². The molecule has 0 N–H and O–H groups in total. The largest absolute Gasteiger partial charge is 0.295 e. The monoisotopic (exact) mass is 113 g/mol. The first-order valence-electron chi connectivity index (χ1n) is 3.16. The van der Waals surface area contributed by atoms with Crippen molar-refractivity contribution in [1.29, 1.82) is 0 Å². The van der Waals surface area contributed by atoms with Crippen LogP contribution in [0.5, 0.6) is 0 Å². The predicted molar refractivity (Wildman–Crippen MR) is 38.5 cm³/mol. The molecule has 0 saturated carbocycles. The molecule has 0 aliphatic carbocycles. The van der Waals surface area contributed by atoms with Gasteiger partial charge in [0.1, 0.15) is 0 Å².